The number of carboxylic acid groups (broad SMARTS) is 1. The van der Waals surface area contributed by atoms with Gasteiger partial charge >= 0.3 is 5.97 Å². The molecule has 1 saturated heterocycles. The van der Waals surface area contributed by atoms with Crippen molar-refractivity contribution in [2.75, 3.05) is 4.90 Å². The molecule has 0 radical (unpaired) electrons. The maximum Gasteiger partial charge on any atom is 0.335 e. The molecule has 152 valence electrons. The Morgan fingerprint density at radius 1 is 0.935 bits per heavy atom. The first-order valence-electron chi connectivity index (χ1n) is 9.54. The zero-order valence-corrected chi connectivity index (χ0v) is 17.2. The number of rotatable bonds is 5. The number of nitrogens with zero attached hydrogens (tertiary/aromatic N) is 2. The minimum absolute atomic E-state index is 0.143. The number of allylic oxidation sites excluding steroid dienone is 2. The van der Waals surface area contributed by atoms with Crippen LogP contribution in [0.15, 0.2) is 107 Å². The van der Waals surface area contributed by atoms with E-state index in [-0.39, 0.29) is 11.5 Å². The molecule has 0 aromatic heterocycles. The highest BCUT2D eigenvalue weighted by Gasteiger charge is 2.34. The molecule has 0 unspecified atom stereocenters. The summed E-state index contributed by atoms with van der Waals surface area (Å²) in [6.07, 6.45) is 5.54. The van der Waals surface area contributed by atoms with Gasteiger partial charge in [0.15, 0.2) is 5.17 Å². The topological polar surface area (TPSA) is 70.0 Å². The second-order valence-electron chi connectivity index (χ2n) is 6.63. The predicted octanol–water partition coefficient (Wildman–Crippen LogP) is 5.75. The summed E-state index contributed by atoms with van der Waals surface area (Å²) < 4.78 is 0. The Morgan fingerprint density at radius 3 is 2.35 bits per heavy atom. The Balaban J connectivity index is 1.69. The second-order valence-corrected chi connectivity index (χ2v) is 7.64. The van der Waals surface area contributed by atoms with E-state index in [0.717, 1.165) is 5.56 Å². The summed E-state index contributed by atoms with van der Waals surface area (Å²) >= 11 is 1.25. The summed E-state index contributed by atoms with van der Waals surface area (Å²) in [5.41, 5.74) is 2.35. The van der Waals surface area contributed by atoms with Gasteiger partial charge in [0.05, 0.1) is 21.8 Å². The summed E-state index contributed by atoms with van der Waals surface area (Å²) in [6.45, 7) is 0. The van der Waals surface area contributed by atoms with E-state index in [0.29, 0.717) is 21.4 Å². The molecule has 0 atom stereocenters. The fraction of sp³-hybridized carbons (Fsp3) is 0. The number of aliphatic imine (C=N–C) groups is 1. The molecule has 1 aliphatic rings. The average molecular weight is 426 g/mol. The van der Waals surface area contributed by atoms with Crippen molar-refractivity contribution in [2.45, 2.75) is 0 Å². The summed E-state index contributed by atoms with van der Waals surface area (Å²) in [7, 11) is 0. The van der Waals surface area contributed by atoms with Gasteiger partial charge in [-0.2, -0.15) is 0 Å². The summed E-state index contributed by atoms with van der Waals surface area (Å²) in [5.74, 6) is -1.20. The summed E-state index contributed by atoms with van der Waals surface area (Å²) in [5, 5.41) is 9.71. The average Bonchev–Trinajstić information content (AvgIpc) is 3.10. The number of anilines is 1. The molecule has 6 heteroatoms. The lowest BCUT2D eigenvalue weighted by molar-refractivity contribution is -0.113. The van der Waals surface area contributed by atoms with Crippen LogP contribution in [-0.4, -0.2) is 22.2 Å². The van der Waals surface area contributed by atoms with Crippen molar-refractivity contribution in [2.24, 2.45) is 4.99 Å². The maximum absolute atomic E-state index is 13.2. The van der Waals surface area contributed by atoms with Crippen molar-refractivity contribution < 1.29 is 14.7 Å². The maximum atomic E-state index is 13.2. The largest absolute Gasteiger partial charge is 0.478 e. The Hall–Kier alpha value is -3.90. The van der Waals surface area contributed by atoms with Crippen molar-refractivity contribution in [1.29, 1.82) is 0 Å². The lowest BCUT2D eigenvalue weighted by Gasteiger charge is -2.15. The Bertz CT molecular complexity index is 1200. The minimum atomic E-state index is -1.02. The number of amidine groups is 1. The van der Waals surface area contributed by atoms with Crippen molar-refractivity contribution in [3.63, 3.8) is 0 Å². The van der Waals surface area contributed by atoms with Crippen LogP contribution in [0.25, 0.3) is 6.08 Å². The fourth-order valence-electron chi connectivity index (χ4n) is 3.00. The van der Waals surface area contributed by atoms with Crippen LogP contribution in [0.5, 0.6) is 0 Å². The van der Waals surface area contributed by atoms with E-state index in [4.69, 9.17) is 0 Å². The van der Waals surface area contributed by atoms with E-state index >= 15 is 0 Å². The number of benzene rings is 3. The number of thioether (sulfide) groups is 1. The lowest BCUT2D eigenvalue weighted by Crippen LogP contribution is -2.28. The highest BCUT2D eigenvalue weighted by molar-refractivity contribution is 8.19. The minimum Gasteiger partial charge on any atom is -0.478 e. The number of amides is 1. The van der Waals surface area contributed by atoms with E-state index in [1.54, 1.807) is 23.1 Å². The SMILES string of the molecule is O=C(O)c1cccc(N=C2S/C(=C\C=C\c3ccccc3)C(=O)N2c2ccccc2)c1. The highest BCUT2D eigenvalue weighted by atomic mass is 32.2. The second kappa shape index (κ2) is 9.28. The standard InChI is InChI=1S/C25H18N2O3S/c28-23-22(16-7-11-18-9-3-1-4-10-18)31-25(27(23)21-14-5-2-6-15-21)26-20-13-8-12-19(17-20)24(29)30/h1-17H,(H,29,30)/b11-7+,22-16-,26-25?. The lowest BCUT2D eigenvalue weighted by atomic mass is 10.2. The van der Waals surface area contributed by atoms with Gasteiger partial charge in [-0.15, -0.1) is 0 Å². The zero-order chi connectivity index (χ0) is 21.6. The number of carbonyl (C=O) groups excluding carboxylic acids is 1. The molecule has 1 N–H and O–H groups in total. The first-order valence-corrected chi connectivity index (χ1v) is 10.4. The number of para-hydroxylation sites is 1. The summed E-state index contributed by atoms with van der Waals surface area (Å²) in [6, 6.07) is 25.4. The van der Waals surface area contributed by atoms with Crippen LogP contribution in [0.3, 0.4) is 0 Å². The molecule has 1 heterocycles. The van der Waals surface area contributed by atoms with Crippen molar-refractivity contribution >= 4 is 46.3 Å². The third-order valence-corrected chi connectivity index (χ3v) is 5.46. The molecule has 1 aliphatic heterocycles. The zero-order valence-electron chi connectivity index (χ0n) is 16.4. The van der Waals surface area contributed by atoms with Crippen molar-refractivity contribution in [1.82, 2.24) is 0 Å². The van der Waals surface area contributed by atoms with Gasteiger partial charge in [-0.3, -0.25) is 9.69 Å². The third-order valence-electron chi connectivity index (χ3n) is 4.47. The smallest absolute Gasteiger partial charge is 0.335 e. The van der Waals surface area contributed by atoms with E-state index in [9.17, 15) is 14.7 Å². The van der Waals surface area contributed by atoms with Crippen molar-refractivity contribution in [3.05, 3.63) is 113 Å². The van der Waals surface area contributed by atoms with Gasteiger partial charge in [0.2, 0.25) is 0 Å². The van der Waals surface area contributed by atoms with Gasteiger partial charge in [-0.05, 0) is 53.7 Å². The predicted molar refractivity (Wildman–Crippen MR) is 126 cm³/mol. The molecule has 31 heavy (non-hydrogen) atoms. The molecule has 0 bridgehead atoms. The Labute approximate surface area is 184 Å². The van der Waals surface area contributed by atoms with Crippen LogP contribution in [0.1, 0.15) is 15.9 Å². The molecule has 0 aliphatic carbocycles. The fourth-order valence-corrected chi connectivity index (χ4v) is 3.95. The summed E-state index contributed by atoms with van der Waals surface area (Å²) in [4.78, 5) is 31.1. The van der Waals surface area contributed by atoms with Crippen LogP contribution in [0.2, 0.25) is 0 Å². The number of carboxylic acids is 1. The molecule has 5 nitrogen and oxygen atoms in total. The molecule has 3 aromatic rings. The highest BCUT2D eigenvalue weighted by Crippen LogP contribution is 2.36. The van der Waals surface area contributed by atoms with Gasteiger partial charge in [0, 0.05) is 0 Å². The quantitative estimate of drug-likeness (QED) is 0.528. The molecular weight excluding hydrogens is 408 g/mol. The van der Waals surface area contributed by atoms with E-state index in [1.807, 2.05) is 72.8 Å². The monoisotopic (exact) mass is 426 g/mol. The van der Waals surface area contributed by atoms with Crippen LogP contribution in [0.4, 0.5) is 11.4 Å². The van der Waals surface area contributed by atoms with E-state index < -0.39 is 5.97 Å². The van der Waals surface area contributed by atoms with Gasteiger partial charge in [-0.25, -0.2) is 9.79 Å². The van der Waals surface area contributed by atoms with Crippen LogP contribution < -0.4 is 4.90 Å². The van der Waals surface area contributed by atoms with Crippen LogP contribution >= 0.6 is 11.8 Å². The van der Waals surface area contributed by atoms with Gasteiger partial charge in [0.25, 0.3) is 5.91 Å². The Kier molecular flexibility index (Phi) is 6.10. The van der Waals surface area contributed by atoms with Crippen LogP contribution in [0, 0.1) is 0 Å². The van der Waals surface area contributed by atoms with Gasteiger partial charge in [0.1, 0.15) is 0 Å². The van der Waals surface area contributed by atoms with Gasteiger partial charge in [-0.1, -0.05) is 66.7 Å². The third kappa shape index (κ3) is 4.82. The molecule has 0 spiro atoms. The normalized spacial score (nSPS) is 16.5. The number of hydrogen-bond donors (Lipinski definition) is 1. The first-order chi connectivity index (χ1) is 15.1. The molecular formula is C25H18N2O3S. The molecule has 1 fully saturated rings. The van der Waals surface area contributed by atoms with Gasteiger partial charge < -0.3 is 5.11 Å². The number of hydrogen-bond acceptors (Lipinski definition) is 4. The molecule has 4 rings (SSSR count). The van der Waals surface area contributed by atoms with Crippen LogP contribution in [-0.2, 0) is 4.79 Å². The molecule has 0 saturated carbocycles. The number of aromatic carboxylic acids is 1. The first kappa shape index (κ1) is 20.4. The van der Waals surface area contributed by atoms with Crippen molar-refractivity contribution in [3.8, 4) is 0 Å². The molecule has 3 aromatic carbocycles. The Morgan fingerprint density at radius 2 is 1.65 bits per heavy atom. The molecule has 1 amide bonds. The number of carbonyl (C=O) groups is 2. The van der Waals surface area contributed by atoms with E-state index in [1.165, 1.54) is 23.9 Å². The van der Waals surface area contributed by atoms with E-state index in [2.05, 4.69) is 4.99 Å².